The lowest BCUT2D eigenvalue weighted by Crippen LogP contribution is -2.54. The van der Waals surface area contributed by atoms with Crippen molar-refractivity contribution < 1.29 is 22.8 Å². The number of halogens is 3. The van der Waals surface area contributed by atoms with E-state index in [4.69, 9.17) is 0 Å². The smallest absolute Gasteiger partial charge is 0.352 e. The molecule has 1 saturated carbocycles. The Bertz CT molecular complexity index is 739. The Hall–Kier alpha value is -2.09. The van der Waals surface area contributed by atoms with Crippen LogP contribution in [0.25, 0.3) is 0 Å². The van der Waals surface area contributed by atoms with Gasteiger partial charge in [-0.15, -0.1) is 0 Å². The number of benzene rings is 1. The lowest BCUT2D eigenvalue weighted by Gasteiger charge is -2.40. The topological polar surface area (TPSA) is 61.4 Å². The molecule has 2 fully saturated rings. The van der Waals surface area contributed by atoms with Gasteiger partial charge in [0.15, 0.2) is 0 Å². The molecular weight excluding hydrogens is 383 g/mol. The summed E-state index contributed by atoms with van der Waals surface area (Å²) in [6, 6.07) is 4.45. The fourth-order valence-electron chi connectivity index (χ4n) is 3.94. The van der Waals surface area contributed by atoms with E-state index in [0.29, 0.717) is 13.1 Å². The van der Waals surface area contributed by atoms with Crippen LogP contribution in [0, 0.1) is 5.92 Å². The van der Waals surface area contributed by atoms with Crippen molar-refractivity contribution in [1.82, 2.24) is 15.5 Å². The predicted molar refractivity (Wildman–Crippen MR) is 103 cm³/mol. The molecule has 1 aromatic carbocycles. The molecule has 0 unspecified atom stereocenters. The first kappa shape index (κ1) is 21.6. The summed E-state index contributed by atoms with van der Waals surface area (Å²) in [7, 11) is 0. The molecule has 29 heavy (non-hydrogen) atoms. The minimum Gasteiger partial charge on any atom is -0.352 e. The zero-order valence-corrected chi connectivity index (χ0v) is 16.6. The van der Waals surface area contributed by atoms with Crippen molar-refractivity contribution in [3.05, 3.63) is 35.4 Å². The van der Waals surface area contributed by atoms with Crippen LogP contribution in [-0.2, 0) is 11.0 Å². The van der Waals surface area contributed by atoms with Gasteiger partial charge in [-0.1, -0.05) is 6.07 Å². The average Bonchev–Trinajstić information content (AvgIpc) is 2.65. The van der Waals surface area contributed by atoms with Crippen LogP contribution in [-0.4, -0.2) is 48.4 Å². The Balaban J connectivity index is 1.39. The van der Waals surface area contributed by atoms with E-state index in [1.165, 1.54) is 12.1 Å². The van der Waals surface area contributed by atoms with Gasteiger partial charge in [-0.3, -0.25) is 14.5 Å². The molecule has 2 amide bonds. The third kappa shape index (κ3) is 5.95. The molecule has 1 aromatic rings. The quantitative estimate of drug-likeness (QED) is 0.756. The van der Waals surface area contributed by atoms with Gasteiger partial charge in [0.2, 0.25) is 5.91 Å². The van der Waals surface area contributed by atoms with E-state index < -0.39 is 17.6 Å². The van der Waals surface area contributed by atoms with Gasteiger partial charge < -0.3 is 10.6 Å². The van der Waals surface area contributed by atoms with Crippen LogP contribution in [0.2, 0.25) is 0 Å². The molecule has 5 nitrogen and oxygen atoms in total. The highest BCUT2D eigenvalue weighted by molar-refractivity contribution is 5.94. The van der Waals surface area contributed by atoms with Gasteiger partial charge in [-0.2, -0.15) is 13.2 Å². The van der Waals surface area contributed by atoms with Crippen LogP contribution in [0.3, 0.4) is 0 Å². The van der Waals surface area contributed by atoms with Crippen molar-refractivity contribution in [2.45, 2.75) is 50.7 Å². The van der Waals surface area contributed by atoms with Crippen LogP contribution in [0.15, 0.2) is 24.3 Å². The zero-order valence-electron chi connectivity index (χ0n) is 16.6. The highest BCUT2D eigenvalue weighted by Crippen LogP contribution is 2.31. The molecule has 1 aliphatic carbocycles. The van der Waals surface area contributed by atoms with Crippen LogP contribution < -0.4 is 10.6 Å². The lowest BCUT2D eigenvalue weighted by molar-refractivity contribution is -0.137. The number of likely N-dealkylation sites (tertiary alicyclic amines) is 1. The Labute approximate surface area is 169 Å². The SMILES string of the molecule is CC1(NC(=O)CN2CCC(CNC(=O)c3cccc(C(F)(F)F)c3)CC2)CCC1. The standard InChI is InChI=1S/C21H28F3N3O2/c1-20(8-3-9-20)26-18(28)14-27-10-6-15(7-11-27)13-25-19(29)16-4-2-5-17(12-16)21(22,23)24/h2,4-5,12,15H,3,6-11,13-14H2,1H3,(H,25,29)(H,26,28). The number of amides is 2. The van der Waals surface area contributed by atoms with Gasteiger partial charge in [0.25, 0.3) is 5.91 Å². The normalized spacial score (nSPS) is 20.0. The number of carbonyl (C=O) groups is 2. The second-order valence-electron chi connectivity index (χ2n) is 8.47. The molecule has 1 aliphatic heterocycles. The molecular formula is C21H28F3N3O2. The highest BCUT2D eigenvalue weighted by Gasteiger charge is 2.34. The van der Waals surface area contributed by atoms with Crippen molar-refractivity contribution in [3.8, 4) is 0 Å². The molecule has 8 heteroatoms. The molecule has 1 saturated heterocycles. The lowest BCUT2D eigenvalue weighted by atomic mass is 9.78. The van der Waals surface area contributed by atoms with Crippen LogP contribution in [0.4, 0.5) is 13.2 Å². The first-order chi connectivity index (χ1) is 13.6. The van der Waals surface area contributed by atoms with Crippen molar-refractivity contribution in [1.29, 1.82) is 0 Å². The fraction of sp³-hybridized carbons (Fsp3) is 0.619. The van der Waals surface area contributed by atoms with E-state index in [1.807, 2.05) is 0 Å². The van der Waals surface area contributed by atoms with E-state index in [9.17, 15) is 22.8 Å². The van der Waals surface area contributed by atoms with Crippen molar-refractivity contribution in [3.63, 3.8) is 0 Å². The summed E-state index contributed by atoms with van der Waals surface area (Å²) in [5.41, 5.74) is -0.853. The summed E-state index contributed by atoms with van der Waals surface area (Å²) < 4.78 is 38.4. The van der Waals surface area contributed by atoms with Crippen LogP contribution in [0.1, 0.15) is 54.9 Å². The Morgan fingerprint density at radius 3 is 2.48 bits per heavy atom. The van der Waals surface area contributed by atoms with Gasteiger partial charge >= 0.3 is 6.18 Å². The predicted octanol–water partition coefficient (Wildman–Crippen LogP) is 3.21. The second-order valence-corrected chi connectivity index (χ2v) is 8.47. The molecule has 2 aliphatic rings. The van der Waals surface area contributed by atoms with E-state index in [2.05, 4.69) is 22.5 Å². The molecule has 2 N–H and O–H groups in total. The minimum atomic E-state index is -4.47. The van der Waals surface area contributed by atoms with Gasteiger partial charge in [0.05, 0.1) is 12.1 Å². The zero-order chi connectivity index (χ0) is 21.1. The molecule has 0 bridgehead atoms. The number of nitrogens with one attached hydrogen (secondary N) is 2. The first-order valence-electron chi connectivity index (χ1n) is 10.1. The average molecular weight is 411 g/mol. The van der Waals surface area contributed by atoms with Gasteiger partial charge in [0.1, 0.15) is 0 Å². The monoisotopic (exact) mass is 411 g/mol. The number of hydrogen-bond donors (Lipinski definition) is 2. The molecule has 160 valence electrons. The van der Waals surface area contributed by atoms with Crippen LogP contribution >= 0.6 is 0 Å². The summed E-state index contributed by atoms with van der Waals surface area (Å²) in [5.74, 6) is -0.177. The Kier molecular flexibility index (Phi) is 6.51. The highest BCUT2D eigenvalue weighted by atomic mass is 19.4. The Morgan fingerprint density at radius 2 is 1.90 bits per heavy atom. The van der Waals surface area contributed by atoms with Crippen molar-refractivity contribution in [2.24, 2.45) is 5.92 Å². The number of carbonyl (C=O) groups excluding carboxylic acids is 2. The Morgan fingerprint density at radius 1 is 1.21 bits per heavy atom. The third-order valence-corrected chi connectivity index (χ3v) is 5.98. The van der Waals surface area contributed by atoms with E-state index in [0.717, 1.165) is 57.3 Å². The van der Waals surface area contributed by atoms with Crippen LogP contribution in [0.5, 0.6) is 0 Å². The molecule has 0 radical (unpaired) electrons. The van der Waals surface area contributed by atoms with E-state index in [1.54, 1.807) is 0 Å². The summed E-state index contributed by atoms with van der Waals surface area (Å²) >= 11 is 0. The molecule has 0 atom stereocenters. The minimum absolute atomic E-state index is 0.0124. The summed E-state index contributed by atoms with van der Waals surface area (Å²) in [6.45, 7) is 4.43. The summed E-state index contributed by atoms with van der Waals surface area (Å²) in [5, 5.41) is 5.85. The van der Waals surface area contributed by atoms with Gasteiger partial charge in [-0.05, 0) is 76.2 Å². The maximum Gasteiger partial charge on any atom is 0.416 e. The van der Waals surface area contributed by atoms with Crippen molar-refractivity contribution in [2.75, 3.05) is 26.2 Å². The molecule has 3 rings (SSSR count). The summed E-state index contributed by atoms with van der Waals surface area (Å²) in [4.78, 5) is 26.5. The number of nitrogens with zero attached hydrogens (tertiary/aromatic N) is 1. The fourth-order valence-corrected chi connectivity index (χ4v) is 3.94. The molecule has 1 heterocycles. The third-order valence-electron chi connectivity index (χ3n) is 5.98. The van der Waals surface area contributed by atoms with Gasteiger partial charge in [0, 0.05) is 17.6 Å². The van der Waals surface area contributed by atoms with Crippen molar-refractivity contribution >= 4 is 11.8 Å². The second kappa shape index (κ2) is 8.73. The largest absolute Gasteiger partial charge is 0.416 e. The molecule has 0 aromatic heterocycles. The number of alkyl halides is 3. The molecule has 0 spiro atoms. The maximum absolute atomic E-state index is 12.8. The van der Waals surface area contributed by atoms with E-state index >= 15 is 0 Å². The summed E-state index contributed by atoms with van der Waals surface area (Å²) in [6.07, 6.45) is 0.444. The van der Waals surface area contributed by atoms with Gasteiger partial charge in [-0.25, -0.2) is 0 Å². The number of hydrogen-bond acceptors (Lipinski definition) is 3. The number of piperidine rings is 1. The maximum atomic E-state index is 12.8. The van der Waals surface area contributed by atoms with E-state index in [-0.39, 0.29) is 22.9 Å². The number of rotatable bonds is 6. The first-order valence-corrected chi connectivity index (χ1v) is 10.1.